The van der Waals surface area contributed by atoms with Crippen LogP contribution >= 0.6 is 23.4 Å². The molecule has 0 aliphatic heterocycles. The van der Waals surface area contributed by atoms with Gasteiger partial charge in [0.05, 0.1) is 11.9 Å². The van der Waals surface area contributed by atoms with E-state index in [9.17, 15) is 4.79 Å². The summed E-state index contributed by atoms with van der Waals surface area (Å²) in [6, 6.07) is 15.0. The molecule has 30 heavy (non-hydrogen) atoms. The molecule has 2 aromatic carbocycles. The van der Waals surface area contributed by atoms with E-state index < -0.39 is 0 Å². The van der Waals surface area contributed by atoms with Crippen LogP contribution in [0, 0.1) is 0 Å². The van der Waals surface area contributed by atoms with Crippen LogP contribution in [-0.2, 0) is 11.8 Å². The molecular formula is C22H23ClN4O2S. The van der Waals surface area contributed by atoms with Gasteiger partial charge < -0.3 is 14.6 Å². The smallest absolute Gasteiger partial charge is 0.234 e. The number of hydrogen-bond donors (Lipinski definition) is 1. The molecule has 1 heterocycles. The molecule has 1 saturated carbocycles. The summed E-state index contributed by atoms with van der Waals surface area (Å²) >= 11 is 7.21. The van der Waals surface area contributed by atoms with Crippen molar-refractivity contribution in [1.82, 2.24) is 14.8 Å². The second-order valence-corrected chi connectivity index (χ2v) is 8.64. The van der Waals surface area contributed by atoms with Gasteiger partial charge in [0.15, 0.2) is 11.0 Å². The molecule has 1 fully saturated rings. The second-order valence-electron chi connectivity index (χ2n) is 7.26. The van der Waals surface area contributed by atoms with Gasteiger partial charge in [-0.15, -0.1) is 10.2 Å². The van der Waals surface area contributed by atoms with Crippen molar-refractivity contribution in [1.29, 1.82) is 0 Å². The number of benzene rings is 2. The van der Waals surface area contributed by atoms with Gasteiger partial charge in [-0.25, -0.2) is 0 Å². The van der Waals surface area contributed by atoms with Crippen molar-refractivity contribution in [3.05, 3.63) is 53.6 Å². The first-order valence-electron chi connectivity index (χ1n) is 9.93. The van der Waals surface area contributed by atoms with Gasteiger partial charge in [-0.3, -0.25) is 4.79 Å². The van der Waals surface area contributed by atoms with Gasteiger partial charge in [-0.05, 0) is 74.2 Å². The highest BCUT2D eigenvalue weighted by Crippen LogP contribution is 2.27. The number of rotatable bonds is 7. The largest absolute Gasteiger partial charge is 0.490 e. The molecule has 0 unspecified atom stereocenters. The fraction of sp³-hybridized carbons (Fsp3) is 0.318. The Bertz CT molecular complexity index is 999. The average molecular weight is 443 g/mol. The maximum Gasteiger partial charge on any atom is 0.234 e. The summed E-state index contributed by atoms with van der Waals surface area (Å²) in [5, 5.41) is 12.7. The predicted molar refractivity (Wildman–Crippen MR) is 120 cm³/mol. The fourth-order valence-corrected chi connectivity index (χ4v) is 4.27. The van der Waals surface area contributed by atoms with E-state index in [0.29, 0.717) is 22.0 Å². The number of carbonyl (C=O) groups excluding carboxylic acids is 1. The lowest BCUT2D eigenvalue weighted by atomic mass is 10.2. The van der Waals surface area contributed by atoms with Crippen LogP contribution in [0.3, 0.4) is 0 Å². The number of thioether (sulfide) groups is 1. The Morgan fingerprint density at radius 1 is 1.13 bits per heavy atom. The van der Waals surface area contributed by atoms with Gasteiger partial charge in [-0.1, -0.05) is 23.4 Å². The molecule has 0 atom stereocenters. The standard InChI is InChI=1S/C22H23ClN4O2S/c1-27-21(15-6-12-19(13-7-15)29-18-4-2-3-5-18)25-26-22(27)30-14-20(28)24-17-10-8-16(23)9-11-17/h6-13,18H,2-5,14H2,1H3,(H,24,28). The highest BCUT2D eigenvalue weighted by Gasteiger charge is 2.17. The molecule has 1 amide bonds. The van der Waals surface area contributed by atoms with Gasteiger partial charge in [0.1, 0.15) is 5.75 Å². The van der Waals surface area contributed by atoms with Crippen LogP contribution in [0.4, 0.5) is 5.69 Å². The van der Waals surface area contributed by atoms with Gasteiger partial charge >= 0.3 is 0 Å². The normalized spacial score (nSPS) is 14.1. The molecule has 156 valence electrons. The number of carbonyl (C=O) groups is 1. The maximum absolute atomic E-state index is 12.2. The third-order valence-electron chi connectivity index (χ3n) is 5.01. The zero-order valence-corrected chi connectivity index (χ0v) is 18.2. The van der Waals surface area contributed by atoms with Gasteiger partial charge in [0, 0.05) is 23.3 Å². The number of aromatic nitrogens is 3. The number of anilines is 1. The Morgan fingerprint density at radius 2 is 1.83 bits per heavy atom. The number of ether oxygens (including phenoxy) is 1. The van der Waals surface area contributed by atoms with Crippen LogP contribution in [0.1, 0.15) is 25.7 Å². The third kappa shape index (κ3) is 5.15. The van der Waals surface area contributed by atoms with Gasteiger partial charge in [0.25, 0.3) is 0 Å². The molecule has 1 N–H and O–H groups in total. The molecule has 3 aromatic rings. The van der Waals surface area contributed by atoms with Crippen LogP contribution in [0.15, 0.2) is 53.7 Å². The molecule has 8 heteroatoms. The lowest BCUT2D eigenvalue weighted by Crippen LogP contribution is -2.14. The zero-order chi connectivity index (χ0) is 20.9. The third-order valence-corrected chi connectivity index (χ3v) is 6.28. The minimum Gasteiger partial charge on any atom is -0.490 e. The first kappa shape index (κ1) is 20.8. The summed E-state index contributed by atoms with van der Waals surface area (Å²) < 4.78 is 7.92. The molecule has 0 spiro atoms. The molecule has 0 bridgehead atoms. The van der Waals surface area contributed by atoms with Crippen LogP contribution in [-0.4, -0.2) is 32.5 Å². The van der Waals surface area contributed by atoms with Crippen molar-refractivity contribution in [2.45, 2.75) is 36.9 Å². The van der Waals surface area contributed by atoms with Crippen molar-refractivity contribution in [2.75, 3.05) is 11.1 Å². The minimum atomic E-state index is -0.111. The average Bonchev–Trinajstić information content (AvgIpc) is 3.39. The summed E-state index contributed by atoms with van der Waals surface area (Å²) in [6.45, 7) is 0. The summed E-state index contributed by atoms with van der Waals surface area (Å²) in [4.78, 5) is 12.2. The quantitative estimate of drug-likeness (QED) is 0.510. The Morgan fingerprint density at radius 3 is 2.53 bits per heavy atom. The SMILES string of the molecule is Cn1c(SCC(=O)Nc2ccc(Cl)cc2)nnc1-c1ccc(OC2CCCC2)cc1. The number of halogens is 1. The zero-order valence-electron chi connectivity index (χ0n) is 16.7. The Labute approximate surface area is 185 Å². The molecule has 6 nitrogen and oxygen atoms in total. The van der Waals surface area contributed by atoms with E-state index in [0.717, 1.165) is 30.0 Å². The van der Waals surface area contributed by atoms with E-state index in [2.05, 4.69) is 15.5 Å². The van der Waals surface area contributed by atoms with Crippen molar-refractivity contribution in [2.24, 2.45) is 7.05 Å². The highest BCUT2D eigenvalue weighted by atomic mass is 35.5. The van der Waals surface area contributed by atoms with E-state index in [1.54, 1.807) is 24.3 Å². The first-order valence-corrected chi connectivity index (χ1v) is 11.3. The molecule has 1 aliphatic carbocycles. The predicted octanol–water partition coefficient (Wildman–Crippen LogP) is 5.19. The Kier molecular flexibility index (Phi) is 6.59. The highest BCUT2D eigenvalue weighted by molar-refractivity contribution is 7.99. The van der Waals surface area contributed by atoms with Crippen molar-refractivity contribution in [3.63, 3.8) is 0 Å². The number of nitrogens with one attached hydrogen (secondary N) is 1. The number of amides is 1. The Balaban J connectivity index is 1.35. The summed E-state index contributed by atoms with van der Waals surface area (Å²) in [7, 11) is 1.90. The monoisotopic (exact) mass is 442 g/mol. The first-order chi connectivity index (χ1) is 14.6. The number of nitrogens with zero attached hydrogens (tertiary/aromatic N) is 3. The van der Waals surface area contributed by atoms with E-state index >= 15 is 0 Å². The van der Waals surface area contributed by atoms with Crippen LogP contribution in [0.25, 0.3) is 11.4 Å². The van der Waals surface area contributed by atoms with Crippen LogP contribution < -0.4 is 10.1 Å². The van der Waals surface area contributed by atoms with Crippen LogP contribution in [0.5, 0.6) is 5.75 Å². The molecular weight excluding hydrogens is 420 g/mol. The van der Waals surface area contributed by atoms with E-state index in [4.69, 9.17) is 16.3 Å². The lowest BCUT2D eigenvalue weighted by molar-refractivity contribution is -0.113. The lowest BCUT2D eigenvalue weighted by Gasteiger charge is -2.13. The molecule has 1 aliphatic rings. The summed E-state index contributed by atoms with van der Waals surface area (Å²) in [5.74, 6) is 1.77. The topological polar surface area (TPSA) is 69.0 Å². The van der Waals surface area contributed by atoms with Crippen molar-refractivity contribution < 1.29 is 9.53 Å². The Hall–Kier alpha value is -2.51. The molecule has 0 radical (unpaired) electrons. The minimum absolute atomic E-state index is 0.111. The molecule has 4 rings (SSSR count). The summed E-state index contributed by atoms with van der Waals surface area (Å²) in [5.41, 5.74) is 1.67. The molecule has 0 saturated heterocycles. The maximum atomic E-state index is 12.2. The van der Waals surface area contributed by atoms with Gasteiger partial charge in [0.2, 0.25) is 5.91 Å². The van der Waals surface area contributed by atoms with E-state index in [1.165, 1.54) is 24.6 Å². The van der Waals surface area contributed by atoms with Gasteiger partial charge in [-0.2, -0.15) is 0 Å². The van der Waals surface area contributed by atoms with Crippen molar-refractivity contribution in [3.8, 4) is 17.1 Å². The molecule has 1 aromatic heterocycles. The van der Waals surface area contributed by atoms with Crippen LogP contribution in [0.2, 0.25) is 5.02 Å². The fourth-order valence-electron chi connectivity index (χ4n) is 3.43. The number of hydrogen-bond acceptors (Lipinski definition) is 5. The van der Waals surface area contributed by atoms with E-state index in [-0.39, 0.29) is 11.7 Å². The summed E-state index contributed by atoms with van der Waals surface area (Å²) in [6.07, 6.45) is 5.11. The van der Waals surface area contributed by atoms with Crippen molar-refractivity contribution >= 4 is 35.0 Å². The second kappa shape index (κ2) is 9.53. The van der Waals surface area contributed by atoms with E-state index in [1.807, 2.05) is 35.9 Å².